The van der Waals surface area contributed by atoms with E-state index in [0.717, 1.165) is 0 Å². The van der Waals surface area contributed by atoms with E-state index in [1.54, 1.807) is 0 Å². The lowest BCUT2D eigenvalue weighted by molar-refractivity contribution is -0.343. The number of Topliss-reactive ketones (excluding diaryl/α,β-unsaturated/α-hetero) is 1. The maximum Gasteiger partial charge on any atom is 0.460 e. The van der Waals surface area contributed by atoms with Crippen molar-refractivity contribution in [2.24, 2.45) is 0 Å². The predicted octanol–water partition coefficient (Wildman–Crippen LogP) is 4.43. The monoisotopic (exact) mass is 376 g/mol. The van der Waals surface area contributed by atoms with Crippen LogP contribution in [-0.4, -0.2) is 42.2 Å². The molecule has 0 bridgehead atoms. The molecule has 0 fully saturated rings. The molecule has 12 heteroatoms. The van der Waals surface area contributed by atoms with E-state index in [-0.39, 0.29) is 0 Å². The Kier molecular flexibility index (Phi) is 6.86. The molecule has 0 aromatic carbocycles. The van der Waals surface area contributed by atoms with E-state index in [1.807, 2.05) is 0 Å². The van der Waals surface area contributed by atoms with E-state index in [4.69, 9.17) is 0 Å². The zero-order chi connectivity index (χ0) is 18.9. The van der Waals surface area contributed by atoms with Crippen molar-refractivity contribution in [2.75, 3.05) is 6.16 Å². The van der Waals surface area contributed by atoms with Crippen molar-refractivity contribution in [3.63, 3.8) is 0 Å². The van der Waals surface area contributed by atoms with Crippen molar-refractivity contribution in [3.05, 3.63) is 0 Å². The second-order valence-electron chi connectivity index (χ2n) is 5.15. The Balaban J connectivity index is 5.53. The maximum atomic E-state index is 13.2. The summed E-state index contributed by atoms with van der Waals surface area (Å²) in [5.41, 5.74) is 0. The largest absolute Gasteiger partial charge is 0.460 e. The predicted molar refractivity (Wildman–Crippen MR) is 65.9 cm³/mol. The van der Waals surface area contributed by atoms with Gasteiger partial charge >= 0.3 is 25.6 Å². The third-order valence-electron chi connectivity index (χ3n) is 2.18. The first-order valence-electron chi connectivity index (χ1n) is 6.28. The van der Waals surface area contributed by atoms with Gasteiger partial charge in [0, 0.05) is 0 Å². The van der Waals surface area contributed by atoms with Crippen LogP contribution in [0.2, 0.25) is 0 Å². The third kappa shape index (κ3) is 5.42. The van der Waals surface area contributed by atoms with Gasteiger partial charge in [0.05, 0.1) is 12.2 Å². The molecule has 0 amide bonds. The standard InChI is InChI=1S/C11H16F7O4P/c1-6(2)21-23(20,22-7(3)4)5-8(19)9(12,13)10(14,15)11(16,17)18/h6-7H,5H2,1-4H3. The smallest absolute Gasteiger partial charge is 0.306 e. The molecule has 0 aliphatic rings. The Hall–Kier alpha value is -0.670. The molecule has 0 aromatic heterocycles. The van der Waals surface area contributed by atoms with Gasteiger partial charge in [0.15, 0.2) is 0 Å². The SMILES string of the molecule is CC(C)OP(=O)(CC(=O)C(F)(F)C(F)(F)C(F)(F)F)OC(C)C. The van der Waals surface area contributed by atoms with E-state index in [1.165, 1.54) is 27.7 Å². The molecule has 0 spiro atoms. The summed E-state index contributed by atoms with van der Waals surface area (Å²) in [4.78, 5) is 11.3. The van der Waals surface area contributed by atoms with Gasteiger partial charge in [0.25, 0.3) is 0 Å². The number of hydrogen-bond acceptors (Lipinski definition) is 4. The summed E-state index contributed by atoms with van der Waals surface area (Å²) in [6.45, 7) is 5.12. The number of ketones is 1. The fourth-order valence-electron chi connectivity index (χ4n) is 1.37. The van der Waals surface area contributed by atoms with Gasteiger partial charge in [-0.1, -0.05) is 0 Å². The summed E-state index contributed by atoms with van der Waals surface area (Å²) in [5, 5.41) is 0. The van der Waals surface area contributed by atoms with Crippen LogP contribution < -0.4 is 0 Å². The molecule has 0 atom stereocenters. The summed E-state index contributed by atoms with van der Waals surface area (Å²) in [5.74, 6) is -15.6. The lowest BCUT2D eigenvalue weighted by Crippen LogP contribution is -2.56. The molecule has 23 heavy (non-hydrogen) atoms. The quantitative estimate of drug-likeness (QED) is 0.465. The molecule has 0 N–H and O–H groups in total. The number of halogens is 7. The van der Waals surface area contributed by atoms with Crippen LogP contribution in [0.15, 0.2) is 0 Å². The van der Waals surface area contributed by atoms with Gasteiger partial charge in [-0.15, -0.1) is 0 Å². The van der Waals surface area contributed by atoms with Crippen LogP contribution >= 0.6 is 7.60 Å². The summed E-state index contributed by atoms with van der Waals surface area (Å²) < 4.78 is 110. The van der Waals surface area contributed by atoms with Gasteiger partial charge in [0.1, 0.15) is 6.16 Å². The first-order valence-corrected chi connectivity index (χ1v) is 8.00. The van der Waals surface area contributed by atoms with Gasteiger partial charge in [-0.3, -0.25) is 9.36 Å². The van der Waals surface area contributed by atoms with Crippen LogP contribution in [0.4, 0.5) is 30.7 Å². The summed E-state index contributed by atoms with van der Waals surface area (Å²) in [7, 11) is -4.64. The van der Waals surface area contributed by atoms with E-state index in [0.29, 0.717) is 0 Å². The van der Waals surface area contributed by atoms with Crippen LogP contribution in [-0.2, 0) is 18.4 Å². The summed E-state index contributed by atoms with van der Waals surface area (Å²) in [6, 6.07) is 0. The lowest BCUT2D eigenvalue weighted by atomic mass is 10.1. The first-order chi connectivity index (χ1) is 9.96. The van der Waals surface area contributed by atoms with Crippen LogP contribution in [0.5, 0.6) is 0 Å². The van der Waals surface area contributed by atoms with Crippen LogP contribution in [0.25, 0.3) is 0 Å². The molecule has 0 aliphatic carbocycles. The van der Waals surface area contributed by atoms with E-state index >= 15 is 0 Å². The Labute approximate surface area is 127 Å². The van der Waals surface area contributed by atoms with Crippen molar-refractivity contribution < 1.29 is 49.1 Å². The number of carbonyl (C=O) groups is 1. The second kappa shape index (κ2) is 7.06. The molecule has 0 heterocycles. The second-order valence-corrected chi connectivity index (χ2v) is 7.11. The van der Waals surface area contributed by atoms with E-state index in [2.05, 4.69) is 9.05 Å². The molecule has 0 aliphatic heterocycles. The maximum absolute atomic E-state index is 13.2. The zero-order valence-corrected chi connectivity index (χ0v) is 13.5. The van der Waals surface area contributed by atoms with Crippen LogP contribution in [0.3, 0.4) is 0 Å². The number of hydrogen-bond donors (Lipinski definition) is 0. The fourth-order valence-corrected chi connectivity index (χ4v) is 3.40. The third-order valence-corrected chi connectivity index (χ3v) is 4.34. The van der Waals surface area contributed by atoms with Gasteiger partial charge in [-0.05, 0) is 27.7 Å². The van der Waals surface area contributed by atoms with Gasteiger partial charge < -0.3 is 9.05 Å². The average Bonchev–Trinajstić information content (AvgIpc) is 2.23. The minimum Gasteiger partial charge on any atom is -0.306 e. The van der Waals surface area contributed by atoms with Crippen LogP contribution in [0.1, 0.15) is 27.7 Å². The van der Waals surface area contributed by atoms with Crippen molar-refractivity contribution >= 4 is 13.4 Å². The first kappa shape index (κ1) is 22.3. The topological polar surface area (TPSA) is 52.6 Å². The normalized spacial score (nSPS) is 14.7. The van der Waals surface area contributed by atoms with Crippen molar-refractivity contribution in [1.29, 1.82) is 0 Å². The highest BCUT2D eigenvalue weighted by Gasteiger charge is 2.76. The molecule has 4 nitrogen and oxygen atoms in total. The molecule has 0 radical (unpaired) electrons. The highest BCUT2D eigenvalue weighted by atomic mass is 31.2. The van der Waals surface area contributed by atoms with E-state index < -0.39 is 49.8 Å². The molecule has 0 unspecified atom stereocenters. The number of carbonyl (C=O) groups excluding carboxylic acids is 1. The Bertz CT molecular complexity index is 459. The number of rotatable bonds is 8. The Morgan fingerprint density at radius 2 is 1.26 bits per heavy atom. The Morgan fingerprint density at radius 3 is 1.52 bits per heavy atom. The average molecular weight is 376 g/mol. The molecule has 0 saturated carbocycles. The minimum absolute atomic E-state index is 0.913. The zero-order valence-electron chi connectivity index (χ0n) is 12.6. The van der Waals surface area contributed by atoms with Gasteiger partial charge in [-0.2, -0.15) is 30.7 Å². The summed E-state index contributed by atoms with van der Waals surface area (Å²) in [6.07, 6.45) is -10.4. The van der Waals surface area contributed by atoms with Crippen molar-refractivity contribution in [2.45, 2.75) is 57.9 Å². The fraction of sp³-hybridized carbons (Fsp3) is 0.909. The molecular formula is C11H16F7O4P. The number of alkyl halides is 7. The van der Waals surface area contributed by atoms with Gasteiger partial charge in [0.2, 0.25) is 5.78 Å². The summed E-state index contributed by atoms with van der Waals surface area (Å²) >= 11 is 0. The van der Waals surface area contributed by atoms with Crippen molar-refractivity contribution in [1.82, 2.24) is 0 Å². The van der Waals surface area contributed by atoms with E-state index in [9.17, 15) is 40.1 Å². The lowest BCUT2D eigenvalue weighted by Gasteiger charge is -2.29. The van der Waals surface area contributed by atoms with Crippen LogP contribution in [0, 0.1) is 0 Å². The highest BCUT2D eigenvalue weighted by molar-refractivity contribution is 7.55. The minimum atomic E-state index is -6.66. The van der Waals surface area contributed by atoms with Crippen molar-refractivity contribution in [3.8, 4) is 0 Å². The van der Waals surface area contributed by atoms with Gasteiger partial charge in [-0.25, -0.2) is 0 Å². The molecule has 138 valence electrons. The molecule has 0 aromatic rings. The molecular weight excluding hydrogens is 360 g/mol. The molecule has 0 rings (SSSR count). The highest BCUT2D eigenvalue weighted by Crippen LogP contribution is 2.54. The molecule has 0 saturated heterocycles. The Morgan fingerprint density at radius 1 is 0.913 bits per heavy atom.